The molecule has 1 atom stereocenters. The third-order valence-electron chi connectivity index (χ3n) is 5.36. The number of hydrogen-bond acceptors (Lipinski definition) is 2. The van der Waals surface area contributed by atoms with Crippen LogP contribution in [0, 0.1) is 10.8 Å². The average Bonchev–Trinajstić information content (AvgIpc) is 2.65. The molecule has 3 rings (SSSR count). The zero-order valence-corrected chi connectivity index (χ0v) is 18.5. The Morgan fingerprint density at radius 1 is 0.828 bits per heavy atom. The smallest absolute Gasteiger partial charge is 0.344 e. The van der Waals surface area contributed by atoms with Crippen LogP contribution in [-0.4, -0.2) is 5.97 Å². The van der Waals surface area contributed by atoms with Gasteiger partial charge in [-0.2, -0.15) is 0 Å². The first kappa shape index (κ1) is 21.1. The van der Waals surface area contributed by atoms with Crippen LogP contribution in [0.15, 0.2) is 66.7 Å². The van der Waals surface area contributed by atoms with Crippen LogP contribution in [0.2, 0.25) is 0 Å². The minimum absolute atomic E-state index is 0.161. The topological polar surface area (TPSA) is 26.3 Å². The Morgan fingerprint density at radius 2 is 1.45 bits per heavy atom. The quantitative estimate of drug-likeness (QED) is 0.339. The van der Waals surface area contributed by atoms with E-state index in [2.05, 4.69) is 53.7 Å². The molecule has 0 radical (unpaired) electrons. The van der Waals surface area contributed by atoms with Crippen LogP contribution in [0.1, 0.15) is 69.8 Å². The van der Waals surface area contributed by atoms with Crippen molar-refractivity contribution in [1.29, 1.82) is 0 Å². The number of fused-ring (bicyclic) bond motifs is 1. The summed E-state index contributed by atoms with van der Waals surface area (Å²) in [4.78, 5) is 12.8. The monoisotopic (exact) mass is 388 g/mol. The largest absolute Gasteiger partial charge is 0.423 e. The highest BCUT2D eigenvalue weighted by Gasteiger charge is 2.30. The predicted octanol–water partition coefficient (Wildman–Crippen LogP) is 7.62. The first-order valence-electron chi connectivity index (χ1n) is 10.3. The van der Waals surface area contributed by atoms with Crippen LogP contribution in [0.25, 0.3) is 10.8 Å². The van der Waals surface area contributed by atoms with Crippen molar-refractivity contribution in [3.8, 4) is 5.75 Å². The van der Waals surface area contributed by atoms with E-state index in [9.17, 15) is 4.79 Å². The molecule has 2 heteroatoms. The molecule has 152 valence electrons. The van der Waals surface area contributed by atoms with Crippen molar-refractivity contribution < 1.29 is 9.53 Å². The van der Waals surface area contributed by atoms with E-state index in [-0.39, 0.29) is 16.8 Å². The maximum atomic E-state index is 12.8. The molecule has 2 nitrogen and oxygen atoms in total. The fourth-order valence-electron chi connectivity index (χ4n) is 3.87. The highest BCUT2D eigenvalue weighted by Crippen LogP contribution is 2.43. The molecule has 0 N–H and O–H groups in total. The average molecular weight is 389 g/mol. The van der Waals surface area contributed by atoms with E-state index >= 15 is 0 Å². The lowest BCUT2D eigenvalue weighted by Gasteiger charge is -2.36. The Kier molecular flexibility index (Phi) is 5.84. The van der Waals surface area contributed by atoms with Gasteiger partial charge in [-0.3, -0.25) is 0 Å². The summed E-state index contributed by atoms with van der Waals surface area (Å²) < 4.78 is 5.69. The van der Waals surface area contributed by atoms with Crippen molar-refractivity contribution in [3.63, 3.8) is 0 Å². The van der Waals surface area contributed by atoms with Gasteiger partial charge in [-0.1, -0.05) is 90.1 Å². The molecule has 0 saturated carbocycles. The molecule has 0 bridgehead atoms. The van der Waals surface area contributed by atoms with E-state index < -0.39 is 0 Å². The normalized spacial score (nSPS) is 13.3. The van der Waals surface area contributed by atoms with Gasteiger partial charge in [0.2, 0.25) is 0 Å². The van der Waals surface area contributed by atoms with E-state index in [4.69, 9.17) is 4.74 Å². The molecule has 29 heavy (non-hydrogen) atoms. The number of carbonyl (C=O) groups excluding carboxylic acids is 1. The lowest BCUT2D eigenvalue weighted by Crippen LogP contribution is -2.23. The van der Waals surface area contributed by atoms with Crippen LogP contribution in [0.3, 0.4) is 0 Å². The summed E-state index contributed by atoms with van der Waals surface area (Å²) in [5.41, 5.74) is 2.29. The molecule has 0 fully saturated rings. The molecule has 0 spiro atoms. The second-order valence-electron chi connectivity index (χ2n) is 10.2. The molecule has 3 aromatic rings. The highest BCUT2D eigenvalue weighted by molar-refractivity contribution is 6.05. The first-order valence-corrected chi connectivity index (χ1v) is 10.3. The molecular weight excluding hydrogens is 356 g/mol. The lowest BCUT2D eigenvalue weighted by molar-refractivity contribution is 0.0736. The van der Waals surface area contributed by atoms with Gasteiger partial charge in [0.1, 0.15) is 5.75 Å². The van der Waals surface area contributed by atoms with Crippen molar-refractivity contribution in [2.45, 2.75) is 53.9 Å². The van der Waals surface area contributed by atoms with Gasteiger partial charge in [-0.25, -0.2) is 4.79 Å². The molecule has 3 aromatic carbocycles. The van der Waals surface area contributed by atoms with Gasteiger partial charge < -0.3 is 4.74 Å². The molecule has 0 aliphatic rings. The zero-order chi connectivity index (χ0) is 21.2. The standard InChI is InChI=1S/C27H32O2/c1-26(2,3)18-24(27(4,5)6)20-14-16-21(17-15-20)29-25(28)23-13-9-11-19-10-7-8-12-22(19)23/h7-17,24H,18H2,1-6H3. The molecule has 1 unspecified atom stereocenters. The Morgan fingerprint density at radius 3 is 2.07 bits per heavy atom. The number of benzene rings is 3. The second-order valence-corrected chi connectivity index (χ2v) is 10.2. The number of hydrogen-bond donors (Lipinski definition) is 0. The van der Waals surface area contributed by atoms with E-state index in [1.807, 2.05) is 54.6 Å². The molecule has 0 aromatic heterocycles. The Balaban J connectivity index is 1.82. The number of carbonyl (C=O) groups is 1. The van der Waals surface area contributed by atoms with Gasteiger partial charge in [0.15, 0.2) is 0 Å². The molecule has 0 aliphatic carbocycles. The zero-order valence-electron chi connectivity index (χ0n) is 18.5. The van der Waals surface area contributed by atoms with Gasteiger partial charge >= 0.3 is 5.97 Å². The second kappa shape index (κ2) is 8.02. The summed E-state index contributed by atoms with van der Waals surface area (Å²) in [5.74, 6) is 0.692. The van der Waals surface area contributed by atoms with Crippen LogP contribution in [-0.2, 0) is 0 Å². The molecule has 0 saturated heterocycles. The van der Waals surface area contributed by atoms with Crippen molar-refractivity contribution in [3.05, 3.63) is 77.9 Å². The summed E-state index contributed by atoms with van der Waals surface area (Å²) in [6, 6.07) is 21.6. The summed E-state index contributed by atoms with van der Waals surface area (Å²) in [6.45, 7) is 13.7. The molecule has 0 amide bonds. The van der Waals surface area contributed by atoms with Gasteiger partial charge in [0.05, 0.1) is 5.56 Å². The fourth-order valence-corrected chi connectivity index (χ4v) is 3.87. The summed E-state index contributed by atoms with van der Waals surface area (Å²) >= 11 is 0. The van der Waals surface area contributed by atoms with Crippen molar-refractivity contribution in [2.75, 3.05) is 0 Å². The molecule has 0 heterocycles. The van der Waals surface area contributed by atoms with Crippen LogP contribution in [0.4, 0.5) is 0 Å². The van der Waals surface area contributed by atoms with Gasteiger partial charge in [-0.05, 0) is 57.7 Å². The molecular formula is C27H32O2. The van der Waals surface area contributed by atoms with E-state index in [0.717, 1.165) is 17.2 Å². The number of ether oxygens (including phenoxy) is 1. The minimum Gasteiger partial charge on any atom is -0.423 e. The maximum absolute atomic E-state index is 12.8. The third-order valence-corrected chi connectivity index (χ3v) is 5.36. The summed E-state index contributed by atoms with van der Waals surface area (Å²) in [6.07, 6.45) is 1.10. The van der Waals surface area contributed by atoms with Crippen LogP contribution in [0.5, 0.6) is 5.75 Å². The predicted molar refractivity (Wildman–Crippen MR) is 122 cm³/mol. The Bertz CT molecular complexity index is 980. The summed E-state index contributed by atoms with van der Waals surface area (Å²) in [5, 5.41) is 1.95. The number of esters is 1. The Hall–Kier alpha value is -2.61. The van der Waals surface area contributed by atoms with Crippen LogP contribution >= 0.6 is 0 Å². The first-order chi connectivity index (χ1) is 13.5. The van der Waals surface area contributed by atoms with E-state index in [1.54, 1.807) is 0 Å². The minimum atomic E-state index is -0.323. The van der Waals surface area contributed by atoms with Gasteiger partial charge in [0, 0.05) is 0 Å². The number of rotatable bonds is 4. The highest BCUT2D eigenvalue weighted by atomic mass is 16.5. The third kappa shape index (κ3) is 5.26. The van der Waals surface area contributed by atoms with Crippen molar-refractivity contribution >= 4 is 16.7 Å². The van der Waals surface area contributed by atoms with Crippen LogP contribution < -0.4 is 4.74 Å². The van der Waals surface area contributed by atoms with E-state index in [0.29, 0.717) is 17.2 Å². The van der Waals surface area contributed by atoms with E-state index in [1.165, 1.54) is 5.56 Å². The Labute approximate surface area is 174 Å². The molecule has 0 aliphatic heterocycles. The van der Waals surface area contributed by atoms with Gasteiger partial charge in [-0.15, -0.1) is 0 Å². The summed E-state index contributed by atoms with van der Waals surface area (Å²) in [7, 11) is 0. The lowest BCUT2D eigenvalue weighted by atomic mass is 9.69. The fraction of sp³-hybridized carbons (Fsp3) is 0.370. The van der Waals surface area contributed by atoms with Gasteiger partial charge in [0.25, 0.3) is 0 Å². The maximum Gasteiger partial charge on any atom is 0.344 e. The van der Waals surface area contributed by atoms with Crippen molar-refractivity contribution in [1.82, 2.24) is 0 Å². The van der Waals surface area contributed by atoms with Crippen molar-refractivity contribution in [2.24, 2.45) is 10.8 Å². The SMILES string of the molecule is CC(C)(C)CC(c1ccc(OC(=O)c2cccc3ccccc23)cc1)C(C)(C)C.